The second-order valence-corrected chi connectivity index (χ2v) is 11.4. The van der Waals surface area contributed by atoms with Crippen LogP contribution in [0.25, 0.3) is 0 Å². The van der Waals surface area contributed by atoms with Gasteiger partial charge in [-0.15, -0.1) is 0 Å². The number of aliphatic hydroxyl groups is 1. The Balaban J connectivity index is 2.55. The Bertz CT molecular complexity index is 273. The Morgan fingerprint density at radius 2 is 1.65 bits per heavy atom. The van der Waals surface area contributed by atoms with Gasteiger partial charge < -0.3 is 9.53 Å². The van der Waals surface area contributed by atoms with E-state index >= 15 is 0 Å². The van der Waals surface area contributed by atoms with Crippen LogP contribution in [-0.4, -0.2) is 25.5 Å². The highest BCUT2D eigenvalue weighted by molar-refractivity contribution is 6.75. The molecule has 0 spiro atoms. The molecule has 0 bridgehead atoms. The van der Waals surface area contributed by atoms with Gasteiger partial charge in [0, 0.05) is 0 Å². The molecule has 100 valence electrons. The van der Waals surface area contributed by atoms with Crippen molar-refractivity contribution in [2.24, 2.45) is 5.92 Å². The zero-order valence-electron chi connectivity index (χ0n) is 11.7. The molecule has 1 aliphatic rings. The standard InChI is InChI=1S/C13H26O3Si/c1-13(2,3)17(4,5)16-12(15)10-6-8-11(14)9-7-10/h10-11,14H,6-9H2,1-5H3. The molecule has 0 aromatic rings. The van der Waals surface area contributed by atoms with E-state index in [2.05, 4.69) is 33.9 Å². The first-order valence-electron chi connectivity index (χ1n) is 6.54. The lowest BCUT2D eigenvalue weighted by molar-refractivity contribution is -0.141. The van der Waals surface area contributed by atoms with Crippen LogP contribution in [0.3, 0.4) is 0 Å². The maximum Gasteiger partial charge on any atom is 0.295 e. The molecule has 0 amide bonds. The van der Waals surface area contributed by atoms with Crippen molar-refractivity contribution in [1.82, 2.24) is 0 Å². The molecule has 1 aliphatic carbocycles. The van der Waals surface area contributed by atoms with Crippen molar-refractivity contribution in [3.8, 4) is 0 Å². The molecule has 0 aromatic heterocycles. The first kappa shape index (κ1) is 14.7. The fraction of sp³-hybridized carbons (Fsp3) is 0.923. The first-order valence-corrected chi connectivity index (χ1v) is 9.45. The maximum absolute atomic E-state index is 12.1. The minimum atomic E-state index is -1.98. The van der Waals surface area contributed by atoms with E-state index in [9.17, 15) is 9.90 Å². The molecule has 1 N–H and O–H groups in total. The summed E-state index contributed by atoms with van der Waals surface area (Å²) in [6.07, 6.45) is 2.80. The fourth-order valence-electron chi connectivity index (χ4n) is 1.80. The molecule has 1 saturated carbocycles. The van der Waals surface area contributed by atoms with Gasteiger partial charge in [0.1, 0.15) is 0 Å². The summed E-state index contributed by atoms with van der Waals surface area (Å²) in [6.45, 7) is 10.6. The molecule has 0 aliphatic heterocycles. The molecule has 1 rings (SSSR count). The quantitative estimate of drug-likeness (QED) is 0.774. The van der Waals surface area contributed by atoms with E-state index in [1.54, 1.807) is 0 Å². The topological polar surface area (TPSA) is 46.5 Å². The minimum absolute atomic E-state index is 0.00697. The average Bonchev–Trinajstić information content (AvgIpc) is 2.16. The van der Waals surface area contributed by atoms with E-state index in [0.717, 1.165) is 25.7 Å². The predicted octanol–water partition coefficient (Wildman–Crippen LogP) is 3.09. The molecular formula is C13H26O3Si. The Morgan fingerprint density at radius 3 is 2.06 bits per heavy atom. The van der Waals surface area contributed by atoms with Gasteiger partial charge in [-0.25, -0.2) is 0 Å². The highest BCUT2D eigenvalue weighted by Crippen LogP contribution is 2.38. The number of hydrogen-bond donors (Lipinski definition) is 1. The van der Waals surface area contributed by atoms with E-state index < -0.39 is 8.32 Å². The largest absolute Gasteiger partial charge is 0.519 e. The van der Waals surface area contributed by atoms with Crippen LogP contribution < -0.4 is 0 Å². The Hall–Kier alpha value is -0.353. The van der Waals surface area contributed by atoms with E-state index in [0.29, 0.717) is 0 Å². The van der Waals surface area contributed by atoms with Crippen LogP contribution in [0.1, 0.15) is 46.5 Å². The van der Waals surface area contributed by atoms with Crippen molar-refractivity contribution in [3.63, 3.8) is 0 Å². The molecule has 0 heterocycles. The third-order valence-corrected chi connectivity index (χ3v) is 8.52. The molecule has 0 radical (unpaired) electrons. The number of hydrogen-bond acceptors (Lipinski definition) is 3. The Labute approximate surface area is 106 Å². The third kappa shape index (κ3) is 3.81. The van der Waals surface area contributed by atoms with Crippen LogP contribution in [0.2, 0.25) is 18.1 Å². The summed E-state index contributed by atoms with van der Waals surface area (Å²) in [5, 5.41) is 9.49. The zero-order chi connectivity index (χ0) is 13.3. The molecule has 17 heavy (non-hydrogen) atoms. The summed E-state index contributed by atoms with van der Waals surface area (Å²) < 4.78 is 5.80. The first-order chi connectivity index (χ1) is 7.63. The van der Waals surface area contributed by atoms with Crippen molar-refractivity contribution in [3.05, 3.63) is 0 Å². The lowest BCUT2D eigenvalue weighted by Crippen LogP contribution is -2.44. The van der Waals surface area contributed by atoms with Gasteiger partial charge >= 0.3 is 0 Å². The van der Waals surface area contributed by atoms with Gasteiger partial charge in [0.15, 0.2) is 0 Å². The van der Waals surface area contributed by atoms with E-state index in [1.165, 1.54) is 0 Å². The summed E-state index contributed by atoms with van der Waals surface area (Å²) >= 11 is 0. The van der Waals surface area contributed by atoms with E-state index in [4.69, 9.17) is 4.43 Å². The SMILES string of the molecule is CC(C)(C)[Si](C)(C)OC(=O)C1CCC(O)CC1. The lowest BCUT2D eigenvalue weighted by atomic mass is 9.88. The monoisotopic (exact) mass is 258 g/mol. The van der Waals surface area contributed by atoms with Gasteiger partial charge in [0.05, 0.1) is 12.0 Å². The van der Waals surface area contributed by atoms with Gasteiger partial charge in [-0.1, -0.05) is 20.8 Å². The number of carbonyl (C=O) groups excluding carboxylic acids is 1. The summed E-state index contributed by atoms with van der Waals surface area (Å²) in [6, 6.07) is 0. The Morgan fingerprint density at radius 1 is 1.18 bits per heavy atom. The molecule has 0 atom stereocenters. The van der Waals surface area contributed by atoms with Crippen molar-refractivity contribution >= 4 is 14.3 Å². The van der Waals surface area contributed by atoms with Crippen LogP contribution >= 0.6 is 0 Å². The van der Waals surface area contributed by atoms with Crippen molar-refractivity contribution < 1.29 is 14.3 Å². The summed E-state index contributed by atoms with van der Waals surface area (Å²) in [5.74, 6) is -0.0315. The van der Waals surface area contributed by atoms with Gasteiger partial charge in [-0.2, -0.15) is 0 Å². The summed E-state index contributed by atoms with van der Waals surface area (Å²) in [7, 11) is -1.98. The molecule has 3 nitrogen and oxygen atoms in total. The van der Waals surface area contributed by atoms with Crippen LogP contribution in [0.5, 0.6) is 0 Å². The second-order valence-electron chi connectivity index (χ2n) is 6.69. The molecule has 0 saturated heterocycles. The normalized spacial score (nSPS) is 26.7. The predicted molar refractivity (Wildman–Crippen MR) is 71.3 cm³/mol. The highest BCUT2D eigenvalue weighted by Gasteiger charge is 2.41. The maximum atomic E-state index is 12.1. The van der Waals surface area contributed by atoms with Crippen LogP contribution in [0.15, 0.2) is 0 Å². The fourth-order valence-corrected chi connectivity index (χ4v) is 2.78. The van der Waals surface area contributed by atoms with Gasteiger partial charge in [-0.05, 0) is 43.8 Å². The van der Waals surface area contributed by atoms with Gasteiger partial charge in [0.2, 0.25) is 0 Å². The van der Waals surface area contributed by atoms with E-state index in [1.807, 2.05) is 0 Å². The van der Waals surface area contributed by atoms with Crippen LogP contribution in [0.4, 0.5) is 0 Å². The highest BCUT2D eigenvalue weighted by atomic mass is 28.4. The number of carbonyl (C=O) groups is 1. The smallest absolute Gasteiger partial charge is 0.295 e. The van der Waals surface area contributed by atoms with Gasteiger partial charge in [-0.3, -0.25) is 4.79 Å². The lowest BCUT2D eigenvalue weighted by Gasteiger charge is -2.37. The number of aliphatic hydroxyl groups excluding tert-OH is 1. The number of rotatable bonds is 2. The van der Waals surface area contributed by atoms with Crippen LogP contribution in [-0.2, 0) is 9.22 Å². The average molecular weight is 258 g/mol. The van der Waals surface area contributed by atoms with Crippen molar-refractivity contribution in [1.29, 1.82) is 0 Å². The molecule has 0 unspecified atom stereocenters. The summed E-state index contributed by atoms with van der Waals surface area (Å²) in [4.78, 5) is 12.1. The minimum Gasteiger partial charge on any atom is -0.519 e. The summed E-state index contributed by atoms with van der Waals surface area (Å²) in [5.41, 5.74) is 0. The zero-order valence-corrected chi connectivity index (χ0v) is 12.7. The second kappa shape index (κ2) is 5.10. The molecule has 4 heteroatoms. The van der Waals surface area contributed by atoms with Crippen molar-refractivity contribution in [2.45, 2.75) is 70.7 Å². The van der Waals surface area contributed by atoms with Crippen LogP contribution in [0, 0.1) is 5.92 Å². The van der Waals surface area contributed by atoms with Gasteiger partial charge in [0.25, 0.3) is 14.3 Å². The van der Waals surface area contributed by atoms with E-state index in [-0.39, 0.29) is 23.0 Å². The molecule has 1 fully saturated rings. The molecule has 0 aromatic carbocycles. The third-order valence-electron chi connectivity index (χ3n) is 4.19. The van der Waals surface area contributed by atoms with Crippen molar-refractivity contribution in [2.75, 3.05) is 0 Å². The molecular weight excluding hydrogens is 232 g/mol. The Kier molecular flexibility index (Phi) is 4.41.